The van der Waals surface area contributed by atoms with Gasteiger partial charge in [-0.1, -0.05) is 6.42 Å². The van der Waals surface area contributed by atoms with Gasteiger partial charge in [-0.2, -0.15) is 0 Å². The number of hydrogen-bond donors (Lipinski definition) is 1. The third-order valence-corrected chi connectivity index (χ3v) is 5.95. The lowest BCUT2D eigenvalue weighted by Gasteiger charge is -2.25. The minimum Gasteiger partial charge on any atom is -0.490 e. The van der Waals surface area contributed by atoms with Gasteiger partial charge in [-0.15, -0.1) is 12.4 Å². The van der Waals surface area contributed by atoms with Gasteiger partial charge in [0.1, 0.15) is 5.75 Å². The maximum Gasteiger partial charge on any atom is 0.317 e. The summed E-state index contributed by atoms with van der Waals surface area (Å²) in [7, 11) is 1.85. The van der Waals surface area contributed by atoms with Gasteiger partial charge in [0.2, 0.25) is 0 Å². The van der Waals surface area contributed by atoms with Crippen LogP contribution in [0.1, 0.15) is 61.7 Å². The maximum atomic E-state index is 12.9. The van der Waals surface area contributed by atoms with Crippen LogP contribution in [0.4, 0.5) is 0 Å². The van der Waals surface area contributed by atoms with Gasteiger partial charge in [-0.3, -0.25) is 14.5 Å². The van der Waals surface area contributed by atoms with Gasteiger partial charge in [0.15, 0.2) is 0 Å². The predicted octanol–water partition coefficient (Wildman–Crippen LogP) is 3.83. The highest BCUT2D eigenvalue weighted by Gasteiger charge is 2.24. The first-order valence-electron chi connectivity index (χ1n) is 10.5. The van der Waals surface area contributed by atoms with Crippen molar-refractivity contribution in [2.24, 2.45) is 0 Å². The van der Waals surface area contributed by atoms with Crippen molar-refractivity contribution in [2.75, 3.05) is 26.7 Å². The van der Waals surface area contributed by atoms with E-state index in [1.807, 2.05) is 41.1 Å². The molecule has 162 valence electrons. The van der Waals surface area contributed by atoms with Crippen LogP contribution in [0.2, 0.25) is 0 Å². The number of aliphatic carboxylic acids is 1. The number of amides is 1. The van der Waals surface area contributed by atoms with E-state index in [0.717, 1.165) is 44.4 Å². The van der Waals surface area contributed by atoms with Gasteiger partial charge in [0, 0.05) is 24.7 Å². The second kappa shape index (κ2) is 11.4. The molecule has 3 rings (SSSR count). The second-order valence-electron chi connectivity index (χ2n) is 8.09. The molecule has 2 fully saturated rings. The molecule has 29 heavy (non-hydrogen) atoms. The van der Waals surface area contributed by atoms with Crippen molar-refractivity contribution in [3.63, 3.8) is 0 Å². The third-order valence-electron chi connectivity index (χ3n) is 5.95. The van der Waals surface area contributed by atoms with E-state index >= 15 is 0 Å². The van der Waals surface area contributed by atoms with E-state index in [0.29, 0.717) is 18.2 Å². The lowest BCUT2D eigenvalue weighted by atomic mass is 9.98. The van der Waals surface area contributed by atoms with Gasteiger partial charge in [-0.05, 0) is 76.3 Å². The Kier molecular flexibility index (Phi) is 9.24. The smallest absolute Gasteiger partial charge is 0.317 e. The normalized spacial score (nSPS) is 20.6. The van der Waals surface area contributed by atoms with E-state index < -0.39 is 5.97 Å². The lowest BCUT2D eigenvalue weighted by Crippen LogP contribution is -2.37. The number of benzene rings is 1. The zero-order valence-corrected chi connectivity index (χ0v) is 18.0. The van der Waals surface area contributed by atoms with Gasteiger partial charge < -0.3 is 14.7 Å². The van der Waals surface area contributed by atoms with Crippen LogP contribution in [0.3, 0.4) is 0 Å². The van der Waals surface area contributed by atoms with E-state index in [4.69, 9.17) is 9.84 Å². The van der Waals surface area contributed by atoms with E-state index in [2.05, 4.69) is 0 Å². The summed E-state index contributed by atoms with van der Waals surface area (Å²) in [5.41, 5.74) is 0.688. The number of likely N-dealkylation sites (N-methyl/N-ethyl adjacent to an activating group) is 1. The van der Waals surface area contributed by atoms with Crippen LogP contribution < -0.4 is 4.74 Å². The molecule has 0 aromatic heterocycles. The molecular formula is C22H33ClN2O4. The molecule has 6 nitrogen and oxygen atoms in total. The Morgan fingerprint density at radius 3 is 2.38 bits per heavy atom. The maximum absolute atomic E-state index is 12.9. The van der Waals surface area contributed by atoms with Crippen LogP contribution >= 0.6 is 12.4 Å². The van der Waals surface area contributed by atoms with E-state index in [1.54, 1.807) is 0 Å². The topological polar surface area (TPSA) is 70.1 Å². The number of nitrogens with zero attached hydrogens (tertiary/aromatic N) is 2. The fourth-order valence-electron chi connectivity index (χ4n) is 4.30. The number of ether oxygens (including phenoxy) is 1. The minimum atomic E-state index is -0.810. The van der Waals surface area contributed by atoms with Crippen LogP contribution in [-0.4, -0.2) is 65.6 Å². The Hall–Kier alpha value is -1.79. The Morgan fingerprint density at radius 1 is 1.03 bits per heavy atom. The van der Waals surface area contributed by atoms with Gasteiger partial charge in [0.25, 0.3) is 5.91 Å². The largest absolute Gasteiger partial charge is 0.490 e. The van der Waals surface area contributed by atoms with Crippen molar-refractivity contribution in [1.82, 2.24) is 9.80 Å². The quantitative estimate of drug-likeness (QED) is 0.751. The monoisotopic (exact) mass is 424 g/mol. The standard InChI is InChI=1S/C22H32N2O4.ClH/c1-23(16-21(25)26)18-6-5-14-24(15-13-18)22(27)17-9-11-20(12-10-17)28-19-7-3-2-4-8-19;/h9-12,18-19H,2-8,13-16H2,1H3,(H,25,26);1H. The Balaban J connectivity index is 0.00000300. The van der Waals surface area contributed by atoms with E-state index in [9.17, 15) is 9.59 Å². The molecule has 0 spiro atoms. The molecule has 1 unspecified atom stereocenters. The summed E-state index contributed by atoms with van der Waals surface area (Å²) in [5.74, 6) is 0.0793. The summed E-state index contributed by atoms with van der Waals surface area (Å²) in [6.07, 6.45) is 8.93. The van der Waals surface area contributed by atoms with Crippen LogP contribution in [-0.2, 0) is 4.79 Å². The fraction of sp³-hybridized carbons (Fsp3) is 0.636. The molecule has 1 atom stereocenters. The number of rotatable bonds is 6. The predicted molar refractivity (Wildman–Crippen MR) is 115 cm³/mol. The summed E-state index contributed by atoms with van der Waals surface area (Å²) in [5, 5.41) is 8.98. The average Bonchev–Trinajstić information content (AvgIpc) is 2.95. The summed E-state index contributed by atoms with van der Waals surface area (Å²) >= 11 is 0. The molecule has 0 radical (unpaired) electrons. The molecule has 1 saturated carbocycles. The third kappa shape index (κ3) is 6.89. The van der Waals surface area contributed by atoms with Crippen LogP contribution in [0.15, 0.2) is 24.3 Å². The molecule has 0 bridgehead atoms. The van der Waals surface area contributed by atoms with Crippen molar-refractivity contribution in [3.8, 4) is 5.75 Å². The van der Waals surface area contributed by atoms with Gasteiger partial charge >= 0.3 is 5.97 Å². The Labute approximate surface area is 179 Å². The van der Waals surface area contributed by atoms with Gasteiger partial charge in [-0.25, -0.2) is 0 Å². The highest BCUT2D eigenvalue weighted by molar-refractivity contribution is 5.94. The number of carbonyl (C=O) groups is 2. The molecule has 1 aliphatic heterocycles. The molecule has 1 saturated heterocycles. The molecule has 1 aliphatic carbocycles. The average molecular weight is 425 g/mol. The lowest BCUT2D eigenvalue weighted by molar-refractivity contribution is -0.138. The summed E-state index contributed by atoms with van der Waals surface area (Å²) in [6, 6.07) is 7.74. The SMILES string of the molecule is CN(CC(=O)O)C1CCCN(C(=O)c2ccc(OC3CCCCC3)cc2)CC1.Cl. The zero-order chi connectivity index (χ0) is 19.9. The van der Waals surface area contributed by atoms with Crippen molar-refractivity contribution in [2.45, 2.75) is 63.5 Å². The summed E-state index contributed by atoms with van der Waals surface area (Å²) in [4.78, 5) is 27.6. The van der Waals surface area contributed by atoms with Gasteiger partial charge in [0.05, 0.1) is 12.6 Å². The Morgan fingerprint density at radius 2 is 1.72 bits per heavy atom. The second-order valence-corrected chi connectivity index (χ2v) is 8.09. The van der Waals surface area contributed by atoms with Crippen LogP contribution in [0.5, 0.6) is 5.75 Å². The number of likely N-dealkylation sites (tertiary alicyclic amines) is 1. The molecule has 1 N–H and O–H groups in total. The number of carboxylic acids is 1. The fourth-order valence-corrected chi connectivity index (χ4v) is 4.30. The van der Waals surface area contributed by atoms with Crippen LogP contribution in [0, 0.1) is 0 Å². The number of carboxylic acid groups (broad SMARTS) is 1. The number of hydrogen-bond acceptors (Lipinski definition) is 4. The first-order chi connectivity index (χ1) is 13.5. The van der Waals surface area contributed by atoms with Crippen molar-refractivity contribution < 1.29 is 19.4 Å². The van der Waals surface area contributed by atoms with Crippen molar-refractivity contribution >= 4 is 24.3 Å². The zero-order valence-electron chi connectivity index (χ0n) is 17.2. The van der Waals surface area contributed by atoms with Crippen molar-refractivity contribution in [1.29, 1.82) is 0 Å². The van der Waals surface area contributed by atoms with Crippen LogP contribution in [0.25, 0.3) is 0 Å². The molecule has 1 aromatic rings. The highest BCUT2D eigenvalue weighted by atomic mass is 35.5. The van der Waals surface area contributed by atoms with Crippen molar-refractivity contribution in [3.05, 3.63) is 29.8 Å². The first-order valence-corrected chi connectivity index (χ1v) is 10.5. The first kappa shape index (κ1) is 23.5. The van der Waals surface area contributed by atoms with E-state index in [1.165, 1.54) is 19.3 Å². The highest BCUT2D eigenvalue weighted by Crippen LogP contribution is 2.24. The summed E-state index contributed by atoms with van der Waals surface area (Å²) in [6.45, 7) is 1.42. The Bertz CT molecular complexity index is 661. The molecular weight excluding hydrogens is 392 g/mol. The minimum absolute atomic E-state index is 0. The molecule has 2 aliphatic rings. The number of carbonyl (C=O) groups excluding carboxylic acids is 1. The van der Waals surface area contributed by atoms with E-state index in [-0.39, 0.29) is 30.9 Å². The molecule has 1 amide bonds. The molecule has 7 heteroatoms. The molecule has 1 aromatic carbocycles. The summed E-state index contributed by atoms with van der Waals surface area (Å²) < 4.78 is 6.05. The molecule has 1 heterocycles. The number of halogens is 1.